The average molecular weight is 506 g/mol. The summed E-state index contributed by atoms with van der Waals surface area (Å²) in [6, 6.07) is 6.28. The lowest BCUT2D eigenvalue weighted by molar-refractivity contribution is 0.445. The van der Waals surface area contributed by atoms with E-state index in [-0.39, 0.29) is 21.2 Å². The Hall–Kier alpha value is -3.08. The molecule has 0 unspecified atom stereocenters. The minimum atomic E-state index is -4.23. The molecular weight excluding hydrogens is 486 g/mol. The van der Waals surface area contributed by atoms with Gasteiger partial charge in [0.25, 0.3) is 0 Å². The summed E-state index contributed by atoms with van der Waals surface area (Å²) in [5.41, 5.74) is 0.827. The normalized spacial score (nSPS) is 14.0. The van der Waals surface area contributed by atoms with Gasteiger partial charge in [-0.1, -0.05) is 0 Å². The third-order valence-corrected chi connectivity index (χ3v) is 9.03. The summed E-state index contributed by atoms with van der Waals surface area (Å²) in [5, 5.41) is 10.1. The predicted octanol–water partition coefficient (Wildman–Crippen LogP) is 3.18. The van der Waals surface area contributed by atoms with Gasteiger partial charge in [-0.15, -0.1) is 11.3 Å². The summed E-state index contributed by atoms with van der Waals surface area (Å²) in [4.78, 5) is 13.7. The monoisotopic (exact) mass is 505 g/mol. The van der Waals surface area contributed by atoms with Crippen LogP contribution in [-0.2, 0) is 20.0 Å². The van der Waals surface area contributed by atoms with Crippen molar-refractivity contribution in [2.45, 2.75) is 25.7 Å². The van der Waals surface area contributed by atoms with Crippen molar-refractivity contribution in [3.63, 3.8) is 0 Å². The molecule has 3 aromatic rings. The second kappa shape index (κ2) is 8.36. The Morgan fingerprint density at radius 1 is 1.09 bits per heavy atom. The number of nitriles is 1. The summed E-state index contributed by atoms with van der Waals surface area (Å²) >= 11 is 1.48. The van der Waals surface area contributed by atoms with Crippen molar-refractivity contribution in [1.29, 1.82) is 5.26 Å². The van der Waals surface area contributed by atoms with Crippen molar-refractivity contribution in [3.05, 3.63) is 46.0 Å². The third-order valence-electron chi connectivity index (χ3n) is 4.69. The zero-order valence-corrected chi connectivity index (χ0v) is 20.3. The van der Waals surface area contributed by atoms with E-state index < -0.39 is 20.0 Å². The number of thiazole rings is 1. The minimum absolute atomic E-state index is 0.235. The maximum absolute atomic E-state index is 12.4. The van der Waals surface area contributed by atoms with Crippen molar-refractivity contribution in [1.82, 2.24) is 15.0 Å². The highest BCUT2D eigenvalue weighted by atomic mass is 32.3. The van der Waals surface area contributed by atoms with E-state index in [1.807, 2.05) is 13.0 Å². The van der Waals surface area contributed by atoms with Gasteiger partial charge in [0.15, 0.2) is 0 Å². The number of pyridine rings is 2. The number of anilines is 1. The zero-order chi connectivity index (χ0) is 24.0. The molecule has 0 radical (unpaired) electrons. The van der Waals surface area contributed by atoms with Gasteiger partial charge >= 0.3 is 0 Å². The maximum atomic E-state index is 12.4. The SMILES string of the molecule is Cc1sc(C2CC2)nc1Oc1nc(-c2cncc(C#N)c2)ccc1N(S(C)(=O)=O)S(C)(=O)=O. The fourth-order valence-electron chi connectivity index (χ4n) is 3.15. The second-order valence-electron chi connectivity index (χ2n) is 7.61. The van der Waals surface area contributed by atoms with E-state index in [9.17, 15) is 16.8 Å². The molecule has 0 spiro atoms. The molecule has 4 rings (SSSR count). The van der Waals surface area contributed by atoms with Crippen LogP contribution in [-0.4, -0.2) is 44.3 Å². The Labute approximate surface area is 195 Å². The Morgan fingerprint density at radius 3 is 2.39 bits per heavy atom. The summed E-state index contributed by atoms with van der Waals surface area (Å²) in [5.74, 6) is 0.369. The van der Waals surface area contributed by atoms with Crippen LogP contribution in [0.5, 0.6) is 11.8 Å². The Kier molecular flexibility index (Phi) is 5.85. The molecule has 1 saturated carbocycles. The Morgan fingerprint density at radius 2 is 1.79 bits per heavy atom. The highest BCUT2D eigenvalue weighted by Gasteiger charge is 2.33. The smallest absolute Gasteiger partial charge is 0.247 e. The van der Waals surface area contributed by atoms with E-state index >= 15 is 0 Å². The van der Waals surface area contributed by atoms with E-state index in [0.29, 0.717) is 22.7 Å². The van der Waals surface area contributed by atoms with Gasteiger partial charge in [0.05, 0.1) is 28.6 Å². The lowest BCUT2D eigenvalue weighted by Gasteiger charge is -2.22. The molecule has 0 aliphatic heterocycles. The van der Waals surface area contributed by atoms with Crippen LogP contribution < -0.4 is 8.45 Å². The van der Waals surface area contributed by atoms with Gasteiger partial charge in [-0.2, -0.15) is 8.97 Å². The number of hydrogen-bond donors (Lipinski definition) is 0. The molecule has 10 nitrogen and oxygen atoms in total. The van der Waals surface area contributed by atoms with Gasteiger partial charge in [0.1, 0.15) is 16.8 Å². The van der Waals surface area contributed by atoms with Gasteiger partial charge in [-0.25, -0.2) is 26.8 Å². The van der Waals surface area contributed by atoms with Crippen LogP contribution in [0.25, 0.3) is 11.3 Å². The molecule has 0 amide bonds. The first kappa shape index (κ1) is 23.1. The number of aryl methyl sites for hydroxylation is 1. The molecule has 0 atom stereocenters. The van der Waals surface area contributed by atoms with Crippen LogP contribution in [0.3, 0.4) is 0 Å². The second-order valence-corrected chi connectivity index (χ2v) is 12.7. The molecule has 1 aliphatic carbocycles. The molecule has 33 heavy (non-hydrogen) atoms. The largest absolute Gasteiger partial charge is 0.417 e. The van der Waals surface area contributed by atoms with Crippen LogP contribution in [0, 0.1) is 18.3 Å². The van der Waals surface area contributed by atoms with E-state index in [2.05, 4.69) is 15.0 Å². The van der Waals surface area contributed by atoms with Crippen LogP contribution in [0.4, 0.5) is 5.69 Å². The van der Waals surface area contributed by atoms with Crippen molar-refractivity contribution in [2.75, 3.05) is 16.2 Å². The van der Waals surface area contributed by atoms with Crippen LogP contribution in [0.1, 0.15) is 34.2 Å². The molecule has 0 aromatic carbocycles. The lowest BCUT2D eigenvalue weighted by atomic mass is 10.1. The van der Waals surface area contributed by atoms with E-state index in [0.717, 1.165) is 35.2 Å². The molecule has 13 heteroatoms. The number of sulfonamides is 2. The average Bonchev–Trinajstić information content (AvgIpc) is 3.51. The molecular formula is C20H19N5O5S3. The van der Waals surface area contributed by atoms with Crippen molar-refractivity contribution in [2.24, 2.45) is 0 Å². The fourth-order valence-corrected chi connectivity index (χ4v) is 7.12. The first-order valence-electron chi connectivity index (χ1n) is 9.69. The molecule has 0 saturated heterocycles. The molecule has 172 valence electrons. The third kappa shape index (κ3) is 4.97. The summed E-state index contributed by atoms with van der Waals surface area (Å²) in [7, 11) is -8.47. The molecule has 1 fully saturated rings. The van der Waals surface area contributed by atoms with Gasteiger partial charge in [-0.05, 0) is 38.0 Å². The van der Waals surface area contributed by atoms with Crippen molar-refractivity contribution >= 4 is 37.1 Å². The zero-order valence-electron chi connectivity index (χ0n) is 17.9. The topological polar surface area (TPSA) is 143 Å². The van der Waals surface area contributed by atoms with Crippen LogP contribution in [0.2, 0.25) is 0 Å². The van der Waals surface area contributed by atoms with Crippen LogP contribution >= 0.6 is 11.3 Å². The quantitative estimate of drug-likeness (QED) is 0.473. The highest BCUT2D eigenvalue weighted by Crippen LogP contribution is 2.45. The van der Waals surface area contributed by atoms with Crippen LogP contribution in [0.15, 0.2) is 30.6 Å². The molecule has 0 bridgehead atoms. The van der Waals surface area contributed by atoms with E-state index in [1.165, 1.54) is 35.9 Å². The predicted molar refractivity (Wildman–Crippen MR) is 123 cm³/mol. The molecule has 1 aliphatic rings. The van der Waals surface area contributed by atoms with Gasteiger partial charge in [0, 0.05) is 23.9 Å². The lowest BCUT2D eigenvalue weighted by Crippen LogP contribution is -2.35. The maximum Gasteiger partial charge on any atom is 0.247 e. The summed E-state index contributed by atoms with van der Waals surface area (Å²) in [6.45, 7) is 1.81. The molecule has 3 aromatic heterocycles. The summed E-state index contributed by atoms with van der Waals surface area (Å²) < 4.78 is 55.8. The number of hydrogen-bond acceptors (Lipinski definition) is 10. The Bertz CT molecular complexity index is 1460. The summed E-state index contributed by atoms with van der Waals surface area (Å²) in [6.07, 6.45) is 6.53. The van der Waals surface area contributed by atoms with Gasteiger partial charge < -0.3 is 4.74 Å². The number of rotatable bonds is 7. The van der Waals surface area contributed by atoms with Gasteiger partial charge in [0.2, 0.25) is 31.8 Å². The minimum Gasteiger partial charge on any atom is -0.417 e. The van der Waals surface area contributed by atoms with Crippen molar-refractivity contribution < 1.29 is 21.6 Å². The number of nitrogens with zero attached hydrogens (tertiary/aromatic N) is 5. The fraction of sp³-hybridized carbons (Fsp3) is 0.300. The first-order valence-corrected chi connectivity index (χ1v) is 14.2. The van der Waals surface area contributed by atoms with E-state index in [4.69, 9.17) is 10.00 Å². The van der Waals surface area contributed by atoms with E-state index in [1.54, 1.807) is 6.07 Å². The molecule has 3 heterocycles. The standard InChI is InChI=1S/C20H19N5O5S3/c1-12-18(24-20(31-12)14-4-5-14)30-19-17(25(32(2,26)27)33(3,28)29)7-6-16(23-19)15-8-13(9-21)10-22-11-15/h6-8,10-11,14H,4-5H2,1-3H3. The number of ether oxygens (including phenoxy) is 1. The number of aromatic nitrogens is 3. The first-order chi connectivity index (χ1) is 15.5. The van der Waals surface area contributed by atoms with Crippen molar-refractivity contribution in [3.8, 4) is 29.1 Å². The van der Waals surface area contributed by atoms with Gasteiger partial charge in [-0.3, -0.25) is 4.98 Å². The Balaban J connectivity index is 1.88. The highest BCUT2D eigenvalue weighted by molar-refractivity contribution is 8.09. The molecule has 0 N–H and O–H groups in total.